The van der Waals surface area contributed by atoms with Crippen LogP contribution in [0.25, 0.3) is 11.1 Å². The quantitative estimate of drug-likeness (QED) is 0.321. The van der Waals surface area contributed by atoms with Gasteiger partial charge in [0, 0.05) is 0 Å². The second-order valence-corrected chi connectivity index (χ2v) is 10.1. The van der Waals surface area contributed by atoms with Crippen molar-refractivity contribution in [3.63, 3.8) is 0 Å². The van der Waals surface area contributed by atoms with Crippen LogP contribution in [-0.2, 0) is 12.8 Å². The van der Waals surface area contributed by atoms with Gasteiger partial charge in [0.15, 0.2) is 0 Å². The van der Waals surface area contributed by atoms with Crippen LogP contribution < -0.4 is 0 Å². The van der Waals surface area contributed by atoms with Gasteiger partial charge in [0.25, 0.3) is 0 Å². The molecule has 168 valence electrons. The van der Waals surface area contributed by atoms with Crippen LogP contribution in [-0.4, -0.2) is 0 Å². The Morgan fingerprint density at radius 3 is 1.75 bits per heavy atom. The second-order valence-electron chi connectivity index (χ2n) is 10.1. The molecule has 0 radical (unpaired) electrons. The van der Waals surface area contributed by atoms with Crippen molar-refractivity contribution in [3.8, 4) is 11.1 Å². The Morgan fingerprint density at radius 2 is 1.19 bits per heavy atom. The Hall–Kier alpha value is -2.34. The maximum absolute atomic E-state index is 2.41. The van der Waals surface area contributed by atoms with Crippen molar-refractivity contribution in [2.45, 2.75) is 77.6 Å². The molecule has 1 aliphatic rings. The molecule has 0 aliphatic heterocycles. The van der Waals surface area contributed by atoms with E-state index in [1.807, 2.05) is 0 Å². The molecule has 3 aromatic carbocycles. The minimum absolute atomic E-state index is 0.694. The molecule has 32 heavy (non-hydrogen) atoms. The van der Waals surface area contributed by atoms with Gasteiger partial charge in [-0.3, -0.25) is 0 Å². The third kappa shape index (κ3) is 6.35. The molecule has 0 spiro atoms. The van der Waals surface area contributed by atoms with Gasteiger partial charge < -0.3 is 0 Å². The van der Waals surface area contributed by atoms with Crippen molar-refractivity contribution in [1.82, 2.24) is 0 Å². The Morgan fingerprint density at radius 1 is 0.656 bits per heavy atom. The van der Waals surface area contributed by atoms with Gasteiger partial charge in [-0.1, -0.05) is 125 Å². The van der Waals surface area contributed by atoms with Gasteiger partial charge in [0.1, 0.15) is 0 Å². The molecule has 0 nitrogen and oxygen atoms in total. The van der Waals surface area contributed by atoms with Crippen LogP contribution in [0.4, 0.5) is 0 Å². The molecule has 0 N–H and O–H groups in total. The predicted molar refractivity (Wildman–Crippen MR) is 139 cm³/mol. The van der Waals surface area contributed by atoms with Crippen LogP contribution in [0.15, 0.2) is 78.9 Å². The van der Waals surface area contributed by atoms with Crippen LogP contribution in [0.2, 0.25) is 0 Å². The fourth-order valence-electron chi connectivity index (χ4n) is 5.56. The lowest BCUT2D eigenvalue weighted by atomic mass is 9.75. The third-order valence-corrected chi connectivity index (χ3v) is 7.64. The van der Waals surface area contributed by atoms with Gasteiger partial charge in [0.05, 0.1) is 0 Å². The molecule has 0 heterocycles. The van der Waals surface area contributed by atoms with E-state index in [1.165, 1.54) is 85.6 Å². The molecular weight excluding hydrogens is 384 g/mol. The van der Waals surface area contributed by atoms with Crippen molar-refractivity contribution in [2.24, 2.45) is 11.8 Å². The Bertz CT molecular complexity index is 912. The third-order valence-electron chi connectivity index (χ3n) is 7.64. The lowest BCUT2D eigenvalue weighted by Gasteiger charge is -2.30. The molecule has 0 aromatic heterocycles. The Kier molecular flexibility index (Phi) is 8.21. The Labute approximate surface area is 196 Å². The summed E-state index contributed by atoms with van der Waals surface area (Å²) in [6, 6.07) is 29.5. The van der Waals surface area contributed by atoms with E-state index in [0.717, 1.165) is 11.8 Å². The molecule has 0 unspecified atom stereocenters. The van der Waals surface area contributed by atoms with Gasteiger partial charge in [-0.25, -0.2) is 0 Å². The van der Waals surface area contributed by atoms with Crippen LogP contribution >= 0.6 is 0 Å². The highest BCUT2D eigenvalue weighted by molar-refractivity contribution is 5.64. The highest BCUT2D eigenvalue weighted by Crippen LogP contribution is 2.37. The van der Waals surface area contributed by atoms with Gasteiger partial charge in [-0.15, -0.1) is 0 Å². The average molecular weight is 425 g/mol. The van der Waals surface area contributed by atoms with Gasteiger partial charge >= 0.3 is 0 Å². The second kappa shape index (κ2) is 11.5. The Balaban J connectivity index is 1.21. The molecular formula is C32H40. The largest absolute Gasteiger partial charge is 0.0651 e. The van der Waals surface area contributed by atoms with Gasteiger partial charge in [-0.2, -0.15) is 0 Å². The van der Waals surface area contributed by atoms with Crippen molar-refractivity contribution in [1.29, 1.82) is 0 Å². The molecule has 0 bridgehead atoms. The van der Waals surface area contributed by atoms with Crippen LogP contribution in [0.5, 0.6) is 0 Å². The van der Waals surface area contributed by atoms with E-state index in [4.69, 9.17) is 0 Å². The zero-order valence-electron chi connectivity index (χ0n) is 20.1. The normalized spacial score (nSPS) is 19.6. The zero-order chi connectivity index (χ0) is 22.2. The van der Waals surface area contributed by atoms with Gasteiger partial charge in [0.2, 0.25) is 0 Å². The lowest BCUT2D eigenvalue weighted by molar-refractivity contribution is 0.245. The predicted octanol–water partition coefficient (Wildman–Crippen LogP) is 9.24. The lowest BCUT2D eigenvalue weighted by Crippen LogP contribution is -2.16. The van der Waals surface area contributed by atoms with E-state index in [1.54, 1.807) is 0 Å². The van der Waals surface area contributed by atoms with E-state index < -0.39 is 0 Å². The number of hydrogen-bond donors (Lipinski definition) is 0. The summed E-state index contributed by atoms with van der Waals surface area (Å²) in [6.07, 6.45) is 12.0. The fraction of sp³-hybridized carbons (Fsp3) is 0.438. The van der Waals surface area contributed by atoms with E-state index in [-0.39, 0.29) is 0 Å². The summed E-state index contributed by atoms with van der Waals surface area (Å²) in [7, 11) is 0. The smallest absolute Gasteiger partial charge is 0.0184 e. The standard InChI is InChI=1S/C32H40/c1-3-7-26-16-20-31(21-17-26)32-22-18-28(19-23-32)11-10-27-12-14-29(15-13-27)24-25(2)30-8-5-4-6-9-30/h4-6,8-9,16-23,25,27,29H,3,7,10-15,24H2,1-2H3/t25-,27?,29?/m0/s1. The van der Waals surface area contributed by atoms with Crippen molar-refractivity contribution < 1.29 is 0 Å². The first-order chi connectivity index (χ1) is 15.7. The van der Waals surface area contributed by atoms with Gasteiger partial charge in [-0.05, 0) is 71.3 Å². The summed E-state index contributed by atoms with van der Waals surface area (Å²) in [4.78, 5) is 0. The summed E-state index contributed by atoms with van der Waals surface area (Å²) >= 11 is 0. The first-order valence-corrected chi connectivity index (χ1v) is 12.9. The molecule has 1 saturated carbocycles. The summed E-state index contributed by atoms with van der Waals surface area (Å²) in [5.74, 6) is 2.53. The molecule has 1 fully saturated rings. The van der Waals surface area contributed by atoms with E-state index in [2.05, 4.69) is 92.7 Å². The number of benzene rings is 3. The average Bonchev–Trinajstić information content (AvgIpc) is 2.85. The minimum atomic E-state index is 0.694. The maximum Gasteiger partial charge on any atom is -0.0184 e. The highest BCUT2D eigenvalue weighted by atomic mass is 14.3. The first-order valence-electron chi connectivity index (χ1n) is 12.9. The highest BCUT2D eigenvalue weighted by Gasteiger charge is 2.23. The maximum atomic E-state index is 2.41. The van der Waals surface area contributed by atoms with Crippen LogP contribution in [0.3, 0.4) is 0 Å². The number of hydrogen-bond acceptors (Lipinski definition) is 0. The summed E-state index contributed by atoms with van der Waals surface area (Å²) in [5.41, 5.74) is 7.12. The van der Waals surface area contributed by atoms with E-state index in [0.29, 0.717) is 5.92 Å². The topological polar surface area (TPSA) is 0 Å². The summed E-state index contributed by atoms with van der Waals surface area (Å²) in [5, 5.41) is 0. The summed E-state index contributed by atoms with van der Waals surface area (Å²) < 4.78 is 0. The monoisotopic (exact) mass is 424 g/mol. The fourth-order valence-corrected chi connectivity index (χ4v) is 5.56. The number of aryl methyl sites for hydroxylation is 2. The van der Waals surface area contributed by atoms with Crippen LogP contribution in [0, 0.1) is 11.8 Å². The van der Waals surface area contributed by atoms with E-state index >= 15 is 0 Å². The molecule has 4 rings (SSSR count). The van der Waals surface area contributed by atoms with E-state index in [9.17, 15) is 0 Å². The molecule has 0 saturated heterocycles. The molecule has 1 aliphatic carbocycles. The van der Waals surface area contributed by atoms with Crippen molar-refractivity contribution in [3.05, 3.63) is 95.6 Å². The minimum Gasteiger partial charge on any atom is -0.0651 e. The molecule has 3 aromatic rings. The molecule has 0 heteroatoms. The zero-order valence-corrected chi connectivity index (χ0v) is 20.1. The first kappa shape index (κ1) is 22.8. The van der Waals surface area contributed by atoms with Crippen LogP contribution in [0.1, 0.15) is 81.4 Å². The summed E-state index contributed by atoms with van der Waals surface area (Å²) in [6.45, 7) is 4.65. The SMILES string of the molecule is CCCc1ccc(-c2ccc(CCC3CCC(C[C@H](C)c4ccccc4)CC3)cc2)cc1. The van der Waals surface area contributed by atoms with Crippen molar-refractivity contribution in [2.75, 3.05) is 0 Å². The number of rotatable bonds is 9. The van der Waals surface area contributed by atoms with Crippen molar-refractivity contribution >= 4 is 0 Å². The molecule has 0 amide bonds. The molecule has 1 atom stereocenters.